The predicted octanol–water partition coefficient (Wildman–Crippen LogP) is 3.19. The van der Waals surface area contributed by atoms with Crippen molar-refractivity contribution in [2.45, 2.75) is 19.8 Å². The van der Waals surface area contributed by atoms with Crippen LogP contribution in [0.3, 0.4) is 0 Å². The molecular weight excluding hydrogens is 362 g/mol. The molecule has 0 amide bonds. The molecule has 0 fully saturated rings. The van der Waals surface area contributed by atoms with E-state index in [0.29, 0.717) is 17.7 Å². The lowest BCUT2D eigenvalue weighted by Gasteiger charge is -2.07. The third-order valence-electron chi connectivity index (χ3n) is 5.14. The highest BCUT2D eigenvalue weighted by Crippen LogP contribution is 2.19. The normalized spacial score (nSPS) is 11.4. The van der Waals surface area contributed by atoms with E-state index in [1.54, 1.807) is 18.6 Å². The van der Waals surface area contributed by atoms with E-state index in [1.165, 1.54) is 11.3 Å². The van der Waals surface area contributed by atoms with Gasteiger partial charge in [0.15, 0.2) is 11.3 Å². The monoisotopic (exact) mass is 381 g/mol. The van der Waals surface area contributed by atoms with Crippen LogP contribution in [0.5, 0.6) is 0 Å². The number of aromatic nitrogens is 7. The maximum Gasteiger partial charge on any atom is 0.198 e. The van der Waals surface area contributed by atoms with Crippen molar-refractivity contribution in [1.82, 2.24) is 34.5 Å². The van der Waals surface area contributed by atoms with Gasteiger partial charge in [-0.05, 0) is 30.2 Å². The van der Waals surface area contributed by atoms with Crippen molar-refractivity contribution in [2.75, 3.05) is 0 Å². The minimum atomic E-state index is 0.563. The maximum absolute atomic E-state index is 4.68. The van der Waals surface area contributed by atoms with E-state index in [2.05, 4.69) is 58.7 Å². The van der Waals surface area contributed by atoms with Crippen LogP contribution < -0.4 is 0 Å². The predicted molar refractivity (Wildman–Crippen MR) is 110 cm³/mol. The molecule has 1 aromatic carbocycles. The van der Waals surface area contributed by atoms with Crippen LogP contribution in [0.25, 0.3) is 22.2 Å². The Morgan fingerprint density at radius 1 is 0.793 bits per heavy atom. The molecule has 0 saturated heterocycles. The third-order valence-corrected chi connectivity index (χ3v) is 5.14. The zero-order valence-corrected chi connectivity index (χ0v) is 16.2. The number of aryl methyl sites for hydroxylation is 1. The molecule has 7 nitrogen and oxygen atoms in total. The van der Waals surface area contributed by atoms with Crippen molar-refractivity contribution in [3.05, 3.63) is 83.6 Å². The highest BCUT2D eigenvalue weighted by molar-refractivity contribution is 5.79. The van der Waals surface area contributed by atoms with Crippen LogP contribution in [-0.2, 0) is 19.9 Å². The summed E-state index contributed by atoms with van der Waals surface area (Å²) in [6, 6.07) is 8.53. The lowest BCUT2D eigenvalue weighted by atomic mass is 10.0. The van der Waals surface area contributed by atoms with Crippen LogP contribution in [0.2, 0.25) is 0 Å². The van der Waals surface area contributed by atoms with Gasteiger partial charge in [-0.3, -0.25) is 4.98 Å². The summed E-state index contributed by atoms with van der Waals surface area (Å²) >= 11 is 0. The molecular formula is C22H19N7. The first kappa shape index (κ1) is 17.4. The molecule has 142 valence electrons. The van der Waals surface area contributed by atoms with Crippen molar-refractivity contribution in [3.8, 4) is 0 Å². The molecule has 0 unspecified atom stereocenters. The summed E-state index contributed by atoms with van der Waals surface area (Å²) in [6.07, 6.45) is 10.4. The van der Waals surface area contributed by atoms with Gasteiger partial charge in [0.05, 0.1) is 17.4 Å². The van der Waals surface area contributed by atoms with Gasteiger partial charge >= 0.3 is 0 Å². The van der Waals surface area contributed by atoms with Gasteiger partial charge in [0.25, 0.3) is 0 Å². The van der Waals surface area contributed by atoms with Gasteiger partial charge in [0.2, 0.25) is 0 Å². The number of hydrogen-bond donors (Lipinski definition) is 0. The van der Waals surface area contributed by atoms with Gasteiger partial charge in [0.1, 0.15) is 5.82 Å². The second kappa shape index (κ2) is 7.01. The Kier molecular flexibility index (Phi) is 4.20. The third kappa shape index (κ3) is 3.42. The Morgan fingerprint density at radius 3 is 2.48 bits per heavy atom. The number of imidazole rings is 1. The van der Waals surface area contributed by atoms with Gasteiger partial charge in [-0.25, -0.2) is 24.9 Å². The summed E-state index contributed by atoms with van der Waals surface area (Å²) in [5.74, 6) is 1.01. The van der Waals surface area contributed by atoms with Crippen molar-refractivity contribution in [1.29, 1.82) is 0 Å². The van der Waals surface area contributed by atoms with Crippen molar-refractivity contribution in [2.24, 2.45) is 7.05 Å². The smallest absolute Gasteiger partial charge is 0.198 e. The lowest BCUT2D eigenvalue weighted by Crippen LogP contribution is -2.00. The standard InChI is InChI=1S/C22H19N7/c1-14-25-13-19(29(14)2)9-16-7-17-4-3-15(10-20(17)26-11-16)8-18-12-27-21-22(28-18)24-6-5-23-21/h3-7,10-13H,8-9H2,1-2H3. The SMILES string of the molecule is Cc1ncc(Cc2cnc3cc(Cc4cnc5nccnc5n4)ccc3c2)n1C. The summed E-state index contributed by atoms with van der Waals surface area (Å²) in [5.41, 5.74) is 6.45. The summed E-state index contributed by atoms with van der Waals surface area (Å²) in [6.45, 7) is 2.01. The highest BCUT2D eigenvalue weighted by atomic mass is 15.0. The first-order valence-electron chi connectivity index (χ1n) is 9.43. The fraction of sp³-hybridized carbons (Fsp3) is 0.182. The average Bonchev–Trinajstić information content (AvgIpc) is 3.06. The molecule has 0 atom stereocenters. The summed E-state index contributed by atoms with van der Waals surface area (Å²) < 4.78 is 2.11. The van der Waals surface area contributed by atoms with Crippen molar-refractivity contribution >= 4 is 22.2 Å². The number of benzene rings is 1. The van der Waals surface area contributed by atoms with E-state index >= 15 is 0 Å². The molecule has 7 heteroatoms. The molecule has 0 N–H and O–H groups in total. The van der Waals surface area contributed by atoms with Crippen LogP contribution in [0, 0.1) is 6.92 Å². The number of nitrogens with zero attached hydrogens (tertiary/aromatic N) is 7. The molecule has 29 heavy (non-hydrogen) atoms. The maximum atomic E-state index is 4.68. The van der Waals surface area contributed by atoms with Crippen LogP contribution >= 0.6 is 0 Å². The van der Waals surface area contributed by atoms with Gasteiger partial charge in [-0.2, -0.15) is 0 Å². The average molecular weight is 381 g/mol. The van der Waals surface area contributed by atoms with Crippen LogP contribution in [-0.4, -0.2) is 34.5 Å². The molecule has 0 bridgehead atoms. The Bertz CT molecular complexity index is 1340. The number of rotatable bonds is 4. The Morgan fingerprint density at radius 2 is 1.66 bits per heavy atom. The van der Waals surface area contributed by atoms with E-state index in [4.69, 9.17) is 0 Å². The Hall–Kier alpha value is -3.74. The van der Waals surface area contributed by atoms with E-state index in [1.807, 2.05) is 26.4 Å². The molecule has 0 saturated carbocycles. The summed E-state index contributed by atoms with van der Waals surface area (Å²) in [7, 11) is 2.04. The number of fused-ring (bicyclic) bond motifs is 2. The van der Waals surface area contributed by atoms with Gasteiger partial charge in [-0.1, -0.05) is 12.1 Å². The fourth-order valence-electron chi connectivity index (χ4n) is 3.43. The molecule has 4 aromatic heterocycles. The van der Waals surface area contributed by atoms with Crippen molar-refractivity contribution < 1.29 is 0 Å². The largest absolute Gasteiger partial charge is 0.335 e. The van der Waals surface area contributed by atoms with Crippen LogP contribution in [0.15, 0.2) is 55.2 Å². The van der Waals surface area contributed by atoms with Gasteiger partial charge in [0, 0.05) is 55.8 Å². The topological polar surface area (TPSA) is 82.3 Å². The summed E-state index contributed by atoms with van der Waals surface area (Å²) in [5, 5.41) is 1.13. The van der Waals surface area contributed by atoms with E-state index in [0.717, 1.165) is 34.4 Å². The van der Waals surface area contributed by atoms with Crippen molar-refractivity contribution in [3.63, 3.8) is 0 Å². The molecule has 0 spiro atoms. The molecule has 0 radical (unpaired) electrons. The molecule has 0 aliphatic heterocycles. The molecule has 4 heterocycles. The molecule has 0 aliphatic rings. The van der Waals surface area contributed by atoms with Crippen LogP contribution in [0.1, 0.15) is 28.3 Å². The molecule has 5 aromatic rings. The first-order chi connectivity index (χ1) is 14.2. The fourth-order valence-corrected chi connectivity index (χ4v) is 3.43. The Labute approximate surface area is 167 Å². The van der Waals surface area contributed by atoms with Gasteiger partial charge in [-0.15, -0.1) is 0 Å². The van der Waals surface area contributed by atoms with Crippen LogP contribution in [0.4, 0.5) is 0 Å². The van der Waals surface area contributed by atoms with Gasteiger partial charge < -0.3 is 4.57 Å². The first-order valence-corrected chi connectivity index (χ1v) is 9.43. The second-order valence-electron chi connectivity index (χ2n) is 7.14. The number of pyridine rings is 1. The zero-order valence-electron chi connectivity index (χ0n) is 16.2. The minimum Gasteiger partial charge on any atom is -0.335 e. The highest BCUT2D eigenvalue weighted by Gasteiger charge is 2.07. The quantitative estimate of drug-likeness (QED) is 0.475. The number of hydrogen-bond acceptors (Lipinski definition) is 6. The summed E-state index contributed by atoms with van der Waals surface area (Å²) in [4.78, 5) is 26.3. The van der Waals surface area contributed by atoms with E-state index in [9.17, 15) is 0 Å². The van der Waals surface area contributed by atoms with E-state index in [-0.39, 0.29) is 0 Å². The molecule has 0 aliphatic carbocycles. The Balaban J connectivity index is 1.40. The van der Waals surface area contributed by atoms with E-state index < -0.39 is 0 Å². The lowest BCUT2D eigenvalue weighted by molar-refractivity contribution is 0.806. The minimum absolute atomic E-state index is 0.563. The zero-order chi connectivity index (χ0) is 19.8. The second-order valence-corrected chi connectivity index (χ2v) is 7.14. The molecule has 5 rings (SSSR count).